The van der Waals surface area contributed by atoms with E-state index in [2.05, 4.69) is 15.7 Å². The molecule has 7 nitrogen and oxygen atoms in total. The zero-order valence-electron chi connectivity index (χ0n) is 15.0. The number of fused-ring (bicyclic) bond motifs is 1. The summed E-state index contributed by atoms with van der Waals surface area (Å²) in [5.74, 6) is 0.129. The molecule has 0 spiro atoms. The molecule has 0 aliphatic carbocycles. The highest BCUT2D eigenvalue weighted by molar-refractivity contribution is 6.06. The molecule has 0 unspecified atom stereocenters. The number of hydrogen-bond acceptors (Lipinski definition) is 4. The van der Waals surface area contributed by atoms with E-state index in [-0.39, 0.29) is 17.4 Å². The Hall–Kier alpha value is -2.83. The van der Waals surface area contributed by atoms with Gasteiger partial charge in [-0.25, -0.2) is 0 Å². The molecule has 0 fully saturated rings. The van der Waals surface area contributed by atoms with E-state index in [9.17, 15) is 9.59 Å². The summed E-state index contributed by atoms with van der Waals surface area (Å²) in [5, 5.41) is 9.92. The molecular weight excluding hydrogens is 320 g/mol. The summed E-state index contributed by atoms with van der Waals surface area (Å²) in [6, 6.07) is 5.15. The Morgan fingerprint density at radius 1 is 1.36 bits per heavy atom. The van der Waals surface area contributed by atoms with Crippen LogP contribution in [0.3, 0.4) is 0 Å². The number of benzene rings is 1. The van der Waals surface area contributed by atoms with Crippen LogP contribution < -0.4 is 15.4 Å². The first-order chi connectivity index (χ1) is 11.7. The van der Waals surface area contributed by atoms with E-state index in [1.165, 1.54) is 0 Å². The smallest absolute Gasteiger partial charge is 0.265 e. The van der Waals surface area contributed by atoms with Gasteiger partial charge < -0.3 is 15.4 Å². The summed E-state index contributed by atoms with van der Waals surface area (Å²) in [6.45, 7) is 9.64. The van der Waals surface area contributed by atoms with E-state index in [4.69, 9.17) is 4.74 Å². The Labute approximate surface area is 146 Å². The quantitative estimate of drug-likeness (QED) is 0.879. The number of rotatable bonds is 2. The number of ether oxygens (including phenoxy) is 1. The maximum Gasteiger partial charge on any atom is 0.265 e. The van der Waals surface area contributed by atoms with Gasteiger partial charge in [-0.15, -0.1) is 0 Å². The summed E-state index contributed by atoms with van der Waals surface area (Å²) in [7, 11) is 0. The monoisotopic (exact) mass is 342 g/mol. The number of carbonyl (C=O) groups excluding carboxylic acids is 2. The molecule has 0 saturated heterocycles. The van der Waals surface area contributed by atoms with Crippen LogP contribution in [-0.4, -0.2) is 27.7 Å². The lowest BCUT2D eigenvalue weighted by Gasteiger charge is -2.23. The average molecular weight is 342 g/mol. The number of nitrogens with zero attached hydrogens (tertiary/aromatic N) is 2. The van der Waals surface area contributed by atoms with Gasteiger partial charge in [-0.3, -0.25) is 14.3 Å². The van der Waals surface area contributed by atoms with E-state index >= 15 is 0 Å². The first-order valence-electron chi connectivity index (χ1n) is 8.15. The molecule has 0 saturated carbocycles. The average Bonchev–Trinajstić information content (AvgIpc) is 2.90. The van der Waals surface area contributed by atoms with Gasteiger partial charge >= 0.3 is 0 Å². The van der Waals surface area contributed by atoms with Crippen molar-refractivity contribution in [3.05, 3.63) is 35.7 Å². The standard InChI is InChI=1S/C18H22N4O3/c1-10-13(9-19-22(10)18(3,4)5)17(24)20-12-6-7-15-14(8-12)21-16(23)11(2)25-15/h6-9,11H,1-5H3,(H,20,24)(H,21,23)/t11-/m1/s1. The van der Waals surface area contributed by atoms with Crippen LogP contribution in [0.25, 0.3) is 0 Å². The largest absolute Gasteiger partial charge is 0.479 e. The van der Waals surface area contributed by atoms with Crippen LogP contribution in [0.15, 0.2) is 24.4 Å². The second-order valence-electron chi connectivity index (χ2n) is 7.14. The van der Waals surface area contributed by atoms with Crippen molar-refractivity contribution in [2.75, 3.05) is 10.6 Å². The minimum atomic E-state index is -0.529. The highest BCUT2D eigenvalue weighted by Gasteiger charge is 2.25. The summed E-state index contributed by atoms with van der Waals surface area (Å²) < 4.78 is 7.33. The van der Waals surface area contributed by atoms with Crippen LogP contribution in [0.1, 0.15) is 43.7 Å². The normalized spacial score (nSPS) is 16.7. The Morgan fingerprint density at radius 3 is 2.72 bits per heavy atom. The van der Waals surface area contributed by atoms with Crippen molar-refractivity contribution in [2.45, 2.75) is 46.3 Å². The zero-order valence-corrected chi connectivity index (χ0v) is 15.0. The van der Waals surface area contributed by atoms with E-state index in [0.29, 0.717) is 22.7 Å². The Bertz CT molecular complexity index is 848. The zero-order chi connectivity index (χ0) is 18.4. The van der Waals surface area contributed by atoms with E-state index in [0.717, 1.165) is 5.69 Å². The maximum atomic E-state index is 12.6. The van der Waals surface area contributed by atoms with Gasteiger partial charge in [-0.1, -0.05) is 0 Å². The van der Waals surface area contributed by atoms with Gasteiger partial charge in [0.15, 0.2) is 6.10 Å². The van der Waals surface area contributed by atoms with Crippen LogP contribution in [0.2, 0.25) is 0 Å². The van der Waals surface area contributed by atoms with E-state index < -0.39 is 6.10 Å². The molecule has 0 radical (unpaired) electrons. The van der Waals surface area contributed by atoms with Crippen molar-refractivity contribution in [2.24, 2.45) is 0 Å². The molecule has 25 heavy (non-hydrogen) atoms. The van der Waals surface area contributed by atoms with Gasteiger partial charge in [0.25, 0.3) is 11.8 Å². The van der Waals surface area contributed by atoms with E-state index in [1.54, 1.807) is 31.3 Å². The van der Waals surface area contributed by atoms with Crippen LogP contribution in [0.4, 0.5) is 11.4 Å². The first kappa shape index (κ1) is 17.0. The SMILES string of the molecule is Cc1c(C(=O)Nc2ccc3c(c2)NC(=O)[C@@H](C)O3)cnn1C(C)(C)C. The minimum Gasteiger partial charge on any atom is -0.479 e. The third-order valence-electron chi connectivity index (χ3n) is 4.06. The molecule has 1 aliphatic heterocycles. The number of nitrogens with one attached hydrogen (secondary N) is 2. The fraction of sp³-hybridized carbons (Fsp3) is 0.389. The van der Waals surface area contributed by atoms with E-state index in [1.807, 2.05) is 32.4 Å². The maximum absolute atomic E-state index is 12.6. The first-order valence-corrected chi connectivity index (χ1v) is 8.15. The molecular formula is C18H22N4O3. The molecule has 0 bridgehead atoms. The predicted molar refractivity (Wildman–Crippen MR) is 95.1 cm³/mol. The van der Waals surface area contributed by atoms with Gasteiger partial charge in [-0.2, -0.15) is 5.10 Å². The molecule has 7 heteroatoms. The van der Waals surface area contributed by atoms with Crippen LogP contribution >= 0.6 is 0 Å². The lowest BCUT2D eigenvalue weighted by atomic mass is 10.1. The molecule has 132 valence electrons. The summed E-state index contributed by atoms with van der Waals surface area (Å²) in [6.07, 6.45) is 1.04. The third kappa shape index (κ3) is 3.22. The lowest BCUT2D eigenvalue weighted by Crippen LogP contribution is -2.34. The topological polar surface area (TPSA) is 85.2 Å². The van der Waals surface area contributed by atoms with Crippen LogP contribution in [0, 0.1) is 6.92 Å². The summed E-state index contributed by atoms with van der Waals surface area (Å²) in [4.78, 5) is 24.3. The molecule has 1 aromatic heterocycles. The van der Waals surface area contributed by atoms with Crippen molar-refractivity contribution in [3.8, 4) is 5.75 Å². The van der Waals surface area contributed by atoms with Gasteiger partial charge in [0.2, 0.25) is 0 Å². The fourth-order valence-electron chi connectivity index (χ4n) is 2.79. The molecule has 1 aromatic carbocycles. The molecule has 3 rings (SSSR count). The second-order valence-corrected chi connectivity index (χ2v) is 7.14. The number of amides is 2. The molecule has 1 atom stereocenters. The minimum absolute atomic E-state index is 0.202. The molecule has 2 amide bonds. The molecule has 2 aromatic rings. The van der Waals surface area contributed by atoms with Crippen molar-refractivity contribution < 1.29 is 14.3 Å². The van der Waals surface area contributed by atoms with Crippen molar-refractivity contribution in [1.82, 2.24) is 9.78 Å². The van der Waals surface area contributed by atoms with Crippen LogP contribution in [-0.2, 0) is 10.3 Å². The Balaban J connectivity index is 1.82. The second kappa shape index (κ2) is 5.91. The number of anilines is 2. The predicted octanol–water partition coefficient (Wildman–Crippen LogP) is 2.92. The van der Waals surface area contributed by atoms with Crippen molar-refractivity contribution in [3.63, 3.8) is 0 Å². The van der Waals surface area contributed by atoms with Crippen molar-refractivity contribution in [1.29, 1.82) is 0 Å². The van der Waals surface area contributed by atoms with Gasteiger partial charge in [0.1, 0.15) is 5.75 Å². The summed E-state index contributed by atoms with van der Waals surface area (Å²) >= 11 is 0. The number of hydrogen-bond donors (Lipinski definition) is 2. The Morgan fingerprint density at radius 2 is 2.08 bits per heavy atom. The molecule has 2 heterocycles. The lowest BCUT2D eigenvalue weighted by molar-refractivity contribution is -0.122. The number of carbonyl (C=O) groups is 2. The fourth-order valence-corrected chi connectivity index (χ4v) is 2.79. The van der Waals surface area contributed by atoms with Crippen molar-refractivity contribution >= 4 is 23.2 Å². The summed E-state index contributed by atoms with van der Waals surface area (Å²) in [5.41, 5.74) is 2.23. The molecule has 1 aliphatic rings. The highest BCUT2D eigenvalue weighted by Crippen LogP contribution is 2.32. The third-order valence-corrected chi connectivity index (χ3v) is 4.06. The highest BCUT2D eigenvalue weighted by atomic mass is 16.5. The number of aromatic nitrogens is 2. The van der Waals surface area contributed by atoms with Gasteiger partial charge in [-0.05, 0) is 52.8 Å². The van der Waals surface area contributed by atoms with Crippen LogP contribution in [0.5, 0.6) is 5.75 Å². The van der Waals surface area contributed by atoms with Gasteiger partial charge in [0, 0.05) is 11.4 Å². The Kier molecular flexibility index (Phi) is 4.02. The molecule has 2 N–H and O–H groups in total. The van der Waals surface area contributed by atoms with Gasteiger partial charge in [0.05, 0.1) is 23.0 Å².